The van der Waals surface area contributed by atoms with E-state index in [9.17, 15) is 35.5 Å². The summed E-state index contributed by atoms with van der Waals surface area (Å²) in [6, 6.07) is 15.2. The number of carbonyl (C=O) groups is 1. The zero-order chi connectivity index (χ0) is 29.9. The van der Waals surface area contributed by atoms with Crippen molar-refractivity contribution in [2.24, 2.45) is 11.8 Å². The predicted octanol–water partition coefficient (Wildman–Crippen LogP) is 7.88. The van der Waals surface area contributed by atoms with E-state index in [1.54, 1.807) is 17.0 Å². The zero-order valence-corrected chi connectivity index (χ0v) is 22.6. The smallest absolute Gasteiger partial charge is 0.338 e. The summed E-state index contributed by atoms with van der Waals surface area (Å²) in [5.41, 5.74) is -0.374. The fraction of sp³-hybridized carbons (Fsp3) is 0.387. The van der Waals surface area contributed by atoms with E-state index in [-0.39, 0.29) is 30.8 Å². The van der Waals surface area contributed by atoms with Crippen LogP contribution in [0.1, 0.15) is 52.4 Å². The maximum Gasteiger partial charge on any atom is 0.416 e. The summed E-state index contributed by atoms with van der Waals surface area (Å²) in [7, 11) is 0. The van der Waals surface area contributed by atoms with Crippen molar-refractivity contribution in [3.63, 3.8) is 0 Å². The topological polar surface area (TPSA) is 23.6 Å². The molecule has 1 aliphatic rings. The monoisotopic (exact) mass is 580 g/mol. The summed E-state index contributed by atoms with van der Waals surface area (Å²) in [6.45, 7) is 5.30. The van der Waals surface area contributed by atoms with Crippen molar-refractivity contribution < 1.29 is 35.5 Å². The van der Waals surface area contributed by atoms with Crippen molar-refractivity contribution in [1.29, 1.82) is 0 Å². The highest BCUT2D eigenvalue weighted by atomic mass is 19.4. The molecule has 1 fully saturated rings. The van der Waals surface area contributed by atoms with Crippen LogP contribution in [0.5, 0.6) is 0 Å². The van der Waals surface area contributed by atoms with Crippen molar-refractivity contribution >= 4 is 5.91 Å². The second-order valence-electron chi connectivity index (χ2n) is 11.0. The Morgan fingerprint density at radius 3 is 2.10 bits per heavy atom. The molecule has 4 rings (SSSR count). The Balaban J connectivity index is 1.64. The number of likely N-dealkylation sites (tertiary alicyclic amines) is 1. The maximum atomic E-state index is 13.5. The third-order valence-corrected chi connectivity index (χ3v) is 7.24. The van der Waals surface area contributed by atoms with E-state index in [0.717, 1.165) is 24.3 Å². The SMILES string of the molecule is CC(C)CN(C[C@@H]1CN(Cc2cccc(C(F)(F)F)c2)C[C@H]1c1cccc(C(F)(F)F)c1)C(=O)c1ccc(F)cc1. The minimum atomic E-state index is -4.54. The number of halogens is 7. The van der Waals surface area contributed by atoms with Gasteiger partial charge in [0.25, 0.3) is 5.91 Å². The van der Waals surface area contributed by atoms with Crippen molar-refractivity contribution in [3.05, 3.63) is 106 Å². The van der Waals surface area contributed by atoms with E-state index in [0.29, 0.717) is 36.3 Å². The first kappa shape index (κ1) is 30.6. The molecule has 0 saturated carbocycles. The molecule has 41 heavy (non-hydrogen) atoms. The largest absolute Gasteiger partial charge is 0.416 e. The average Bonchev–Trinajstić information content (AvgIpc) is 3.29. The van der Waals surface area contributed by atoms with Crippen LogP contribution in [0, 0.1) is 17.7 Å². The van der Waals surface area contributed by atoms with Gasteiger partial charge in [-0.1, -0.05) is 50.2 Å². The van der Waals surface area contributed by atoms with Gasteiger partial charge in [-0.15, -0.1) is 0 Å². The molecule has 3 nitrogen and oxygen atoms in total. The molecule has 1 heterocycles. The third-order valence-electron chi connectivity index (χ3n) is 7.24. The first-order chi connectivity index (χ1) is 19.2. The number of hydrogen-bond donors (Lipinski definition) is 0. The fourth-order valence-electron chi connectivity index (χ4n) is 5.44. The number of hydrogen-bond acceptors (Lipinski definition) is 2. The molecule has 0 spiro atoms. The number of amides is 1. The van der Waals surface area contributed by atoms with Crippen LogP contribution in [-0.4, -0.2) is 41.9 Å². The van der Waals surface area contributed by atoms with Crippen LogP contribution >= 0.6 is 0 Å². The van der Waals surface area contributed by atoms with Crippen LogP contribution in [0.25, 0.3) is 0 Å². The summed E-state index contributed by atoms with van der Waals surface area (Å²) in [6.07, 6.45) is -9.04. The van der Waals surface area contributed by atoms with Crippen LogP contribution in [0.4, 0.5) is 30.7 Å². The van der Waals surface area contributed by atoms with E-state index in [4.69, 9.17) is 0 Å². The number of alkyl halides is 6. The molecule has 0 aliphatic carbocycles. The van der Waals surface area contributed by atoms with E-state index in [1.807, 2.05) is 18.7 Å². The van der Waals surface area contributed by atoms with E-state index >= 15 is 0 Å². The normalized spacial score (nSPS) is 18.2. The minimum absolute atomic E-state index is 0.0778. The standard InChI is InChI=1S/C31H31F7N2O/c1-20(2)15-40(29(41)22-9-11-27(32)12-10-22)18-24-17-39(16-21-5-3-7-25(13-21)30(33,34)35)19-28(24)23-6-4-8-26(14-23)31(36,37)38/h3-14,20,24,28H,15-19H2,1-2H3/t24-,28-/m0/s1. The number of nitrogens with zero attached hydrogens (tertiary/aromatic N) is 2. The zero-order valence-electron chi connectivity index (χ0n) is 22.6. The van der Waals surface area contributed by atoms with Gasteiger partial charge in [-0.05, 0) is 59.4 Å². The van der Waals surface area contributed by atoms with Gasteiger partial charge < -0.3 is 4.90 Å². The molecule has 1 amide bonds. The van der Waals surface area contributed by atoms with Crippen molar-refractivity contribution in [2.45, 2.75) is 38.7 Å². The molecule has 0 N–H and O–H groups in total. The van der Waals surface area contributed by atoms with E-state index < -0.39 is 35.2 Å². The molecule has 1 aliphatic heterocycles. The molecule has 0 aromatic heterocycles. The van der Waals surface area contributed by atoms with Gasteiger partial charge in [-0.3, -0.25) is 9.69 Å². The van der Waals surface area contributed by atoms with Gasteiger partial charge in [0, 0.05) is 44.2 Å². The first-order valence-electron chi connectivity index (χ1n) is 13.3. The lowest BCUT2D eigenvalue weighted by atomic mass is 9.87. The average molecular weight is 581 g/mol. The van der Waals surface area contributed by atoms with Crippen LogP contribution in [0.15, 0.2) is 72.8 Å². The second-order valence-corrected chi connectivity index (χ2v) is 11.0. The van der Waals surface area contributed by atoms with Gasteiger partial charge in [0.1, 0.15) is 5.82 Å². The van der Waals surface area contributed by atoms with Crippen LogP contribution in [0.2, 0.25) is 0 Å². The Kier molecular flexibility index (Phi) is 9.11. The van der Waals surface area contributed by atoms with Crippen molar-refractivity contribution in [1.82, 2.24) is 9.80 Å². The summed E-state index contributed by atoms with van der Waals surface area (Å²) in [5.74, 6) is -1.43. The lowest BCUT2D eigenvalue weighted by Gasteiger charge is -2.30. The van der Waals surface area contributed by atoms with Crippen LogP contribution in [0.3, 0.4) is 0 Å². The van der Waals surface area contributed by atoms with Crippen LogP contribution < -0.4 is 0 Å². The van der Waals surface area contributed by atoms with Crippen molar-refractivity contribution in [3.8, 4) is 0 Å². The quantitative estimate of drug-likeness (QED) is 0.253. The lowest BCUT2D eigenvalue weighted by molar-refractivity contribution is -0.138. The van der Waals surface area contributed by atoms with Gasteiger partial charge >= 0.3 is 12.4 Å². The highest BCUT2D eigenvalue weighted by molar-refractivity contribution is 5.94. The fourth-order valence-corrected chi connectivity index (χ4v) is 5.44. The van der Waals surface area contributed by atoms with Crippen LogP contribution in [-0.2, 0) is 18.9 Å². The maximum absolute atomic E-state index is 13.5. The molecule has 0 radical (unpaired) electrons. The van der Waals surface area contributed by atoms with Gasteiger partial charge in [0.05, 0.1) is 11.1 Å². The molecule has 2 atom stereocenters. The molecule has 3 aromatic carbocycles. The van der Waals surface area contributed by atoms with Crippen molar-refractivity contribution in [2.75, 3.05) is 26.2 Å². The molecule has 0 bridgehead atoms. The molecule has 220 valence electrons. The predicted molar refractivity (Wildman–Crippen MR) is 142 cm³/mol. The van der Waals surface area contributed by atoms with Gasteiger partial charge in [-0.2, -0.15) is 26.3 Å². The van der Waals surface area contributed by atoms with Gasteiger partial charge in [0.15, 0.2) is 0 Å². The number of benzene rings is 3. The Morgan fingerprint density at radius 1 is 0.878 bits per heavy atom. The summed E-state index contributed by atoms with van der Waals surface area (Å²) < 4.78 is 94.0. The third kappa shape index (κ3) is 7.87. The lowest BCUT2D eigenvalue weighted by Crippen LogP contribution is -2.39. The summed E-state index contributed by atoms with van der Waals surface area (Å²) in [5, 5.41) is 0. The van der Waals surface area contributed by atoms with E-state index in [1.165, 1.54) is 36.4 Å². The molecule has 10 heteroatoms. The Hall–Kier alpha value is -3.40. The first-order valence-corrected chi connectivity index (χ1v) is 13.3. The molecule has 1 saturated heterocycles. The Morgan fingerprint density at radius 2 is 1.49 bits per heavy atom. The van der Waals surface area contributed by atoms with Gasteiger partial charge in [-0.25, -0.2) is 4.39 Å². The number of rotatable bonds is 8. The Bertz CT molecular complexity index is 1340. The Labute approximate surface area is 234 Å². The summed E-state index contributed by atoms with van der Waals surface area (Å²) in [4.78, 5) is 17.0. The highest BCUT2D eigenvalue weighted by Gasteiger charge is 2.38. The molecular weight excluding hydrogens is 549 g/mol. The number of carbonyl (C=O) groups excluding carboxylic acids is 1. The molecule has 3 aromatic rings. The minimum Gasteiger partial charge on any atom is -0.338 e. The highest BCUT2D eigenvalue weighted by Crippen LogP contribution is 2.38. The molecular formula is C31H31F7N2O. The molecule has 0 unspecified atom stereocenters. The van der Waals surface area contributed by atoms with Gasteiger partial charge in [0.2, 0.25) is 0 Å². The van der Waals surface area contributed by atoms with E-state index in [2.05, 4.69) is 0 Å². The summed E-state index contributed by atoms with van der Waals surface area (Å²) >= 11 is 0. The second kappa shape index (κ2) is 12.2.